The number of fused-ring (bicyclic) bond motifs is 1. The van der Waals surface area contributed by atoms with Gasteiger partial charge in [-0.25, -0.2) is 0 Å². The fourth-order valence-electron chi connectivity index (χ4n) is 2.29. The van der Waals surface area contributed by atoms with Gasteiger partial charge in [-0.1, -0.05) is 18.2 Å². The molecule has 0 fully saturated rings. The lowest BCUT2D eigenvalue weighted by Gasteiger charge is -2.04. The van der Waals surface area contributed by atoms with Crippen molar-refractivity contribution in [3.63, 3.8) is 0 Å². The summed E-state index contributed by atoms with van der Waals surface area (Å²) >= 11 is 0. The second kappa shape index (κ2) is 3.30. The third-order valence-corrected chi connectivity index (χ3v) is 3.07. The predicted octanol–water partition coefficient (Wildman–Crippen LogP) is 2.22. The molecule has 0 N–H and O–H groups in total. The molecule has 0 bridgehead atoms. The van der Waals surface area contributed by atoms with Crippen molar-refractivity contribution in [1.82, 2.24) is 9.78 Å². The number of carbonyl (C=O) groups excluding carboxylic acids is 1. The van der Waals surface area contributed by atoms with Crippen molar-refractivity contribution in [2.45, 2.75) is 12.8 Å². The first-order valence-electron chi connectivity index (χ1n) is 5.41. The highest BCUT2D eigenvalue weighted by molar-refractivity contribution is 6.02. The zero-order chi connectivity index (χ0) is 11.1. The van der Waals surface area contributed by atoms with E-state index < -0.39 is 0 Å². The molecule has 3 rings (SSSR count). The van der Waals surface area contributed by atoms with Gasteiger partial charge in [0.05, 0.1) is 5.69 Å². The molecule has 0 radical (unpaired) electrons. The maximum atomic E-state index is 11.6. The van der Waals surface area contributed by atoms with E-state index in [0.29, 0.717) is 6.42 Å². The first-order chi connectivity index (χ1) is 7.75. The summed E-state index contributed by atoms with van der Waals surface area (Å²) in [6, 6.07) is 7.88. The minimum atomic E-state index is 0.257. The molecule has 0 atom stereocenters. The molecular formula is C13H12N2O. The van der Waals surface area contributed by atoms with E-state index in [2.05, 4.69) is 5.10 Å². The van der Waals surface area contributed by atoms with Gasteiger partial charge in [0.15, 0.2) is 5.78 Å². The summed E-state index contributed by atoms with van der Waals surface area (Å²) in [6.07, 6.45) is 3.41. The first-order valence-corrected chi connectivity index (χ1v) is 5.41. The van der Waals surface area contributed by atoms with Crippen molar-refractivity contribution < 1.29 is 4.79 Å². The number of hydrogen-bond donors (Lipinski definition) is 0. The fraction of sp³-hybridized carbons (Fsp3) is 0.231. The molecule has 0 aliphatic heterocycles. The van der Waals surface area contributed by atoms with Gasteiger partial charge in [-0.2, -0.15) is 5.10 Å². The Labute approximate surface area is 93.7 Å². The monoisotopic (exact) mass is 212 g/mol. The molecule has 2 aromatic rings. The van der Waals surface area contributed by atoms with E-state index in [-0.39, 0.29) is 5.78 Å². The standard InChI is InChI=1S/C13H12N2O/c1-15-8-7-12(14-15)10-3-2-4-11-9(10)5-6-13(11)16/h2-4,7-8H,5-6H2,1H3. The van der Waals surface area contributed by atoms with E-state index in [1.807, 2.05) is 37.5 Å². The van der Waals surface area contributed by atoms with Gasteiger partial charge in [0.25, 0.3) is 0 Å². The number of Topliss-reactive ketones (excluding diaryl/α,β-unsaturated/α-hetero) is 1. The number of rotatable bonds is 1. The van der Waals surface area contributed by atoms with Crippen molar-refractivity contribution >= 4 is 5.78 Å². The topological polar surface area (TPSA) is 34.9 Å². The minimum Gasteiger partial charge on any atom is -0.294 e. The number of aromatic nitrogens is 2. The van der Waals surface area contributed by atoms with Crippen LogP contribution in [0.15, 0.2) is 30.5 Å². The van der Waals surface area contributed by atoms with Gasteiger partial charge in [0.1, 0.15) is 0 Å². The Morgan fingerprint density at radius 3 is 2.75 bits per heavy atom. The first kappa shape index (κ1) is 9.33. The molecule has 0 unspecified atom stereocenters. The number of hydrogen-bond acceptors (Lipinski definition) is 2. The van der Waals surface area contributed by atoms with Gasteiger partial charge >= 0.3 is 0 Å². The third kappa shape index (κ3) is 1.28. The molecule has 16 heavy (non-hydrogen) atoms. The van der Waals surface area contributed by atoms with Gasteiger partial charge in [-0.05, 0) is 18.1 Å². The van der Waals surface area contributed by atoms with Gasteiger partial charge in [-0.15, -0.1) is 0 Å². The number of nitrogens with zero attached hydrogens (tertiary/aromatic N) is 2. The predicted molar refractivity (Wildman–Crippen MR) is 61.3 cm³/mol. The summed E-state index contributed by atoms with van der Waals surface area (Å²) in [6.45, 7) is 0. The molecule has 1 aromatic carbocycles. The van der Waals surface area contributed by atoms with E-state index in [1.54, 1.807) is 4.68 Å². The van der Waals surface area contributed by atoms with Crippen LogP contribution < -0.4 is 0 Å². The van der Waals surface area contributed by atoms with Gasteiger partial charge < -0.3 is 0 Å². The molecule has 1 aliphatic carbocycles. The molecule has 0 saturated carbocycles. The highest BCUT2D eigenvalue weighted by Gasteiger charge is 2.22. The molecular weight excluding hydrogens is 200 g/mol. The number of ketones is 1. The van der Waals surface area contributed by atoms with Crippen LogP contribution in [0.25, 0.3) is 11.3 Å². The molecule has 3 heteroatoms. The lowest BCUT2D eigenvalue weighted by Crippen LogP contribution is -1.93. The van der Waals surface area contributed by atoms with Crippen LogP contribution >= 0.6 is 0 Å². The maximum Gasteiger partial charge on any atom is 0.163 e. The molecule has 3 nitrogen and oxygen atoms in total. The van der Waals surface area contributed by atoms with Gasteiger partial charge in [-0.3, -0.25) is 9.48 Å². The van der Waals surface area contributed by atoms with Crippen LogP contribution in [0.2, 0.25) is 0 Å². The summed E-state index contributed by atoms with van der Waals surface area (Å²) in [5, 5.41) is 4.39. The zero-order valence-electron chi connectivity index (χ0n) is 9.10. The van der Waals surface area contributed by atoms with E-state index in [1.165, 1.54) is 0 Å². The molecule has 0 amide bonds. The highest BCUT2D eigenvalue weighted by atomic mass is 16.1. The number of aryl methyl sites for hydroxylation is 1. The second-order valence-electron chi connectivity index (χ2n) is 4.13. The second-order valence-corrected chi connectivity index (χ2v) is 4.13. The molecule has 80 valence electrons. The smallest absolute Gasteiger partial charge is 0.163 e. The van der Waals surface area contributed by atoms with Crippen molar-refractivity contribution in [2.24, 2.45) is 7.05 Å². The summed E-state index contributed by atoms with van der Waals surface area (Å²) in [7, 11) is 1.90. The molecule has 0 saturated heterocycles. The summed E-state index contributed by atoms with van der Waals surface area (Å²) in [5.41, 5.74) is 4.09. The molecule has 1 aromatic heterocycles. The Morgan fingerprint density at radius 1 is 1.19 bits per heavy atom. The van der Waals surface area contributed by atoms with Crippen LogP contribution in [-0.4, -0.2) is 15.6 Å². The molecule has 1 aliphatic rings. The average Bonchev–Trinajstić information content (AvgIpc) is 2.86. The van der Waals surface area contributed by atoms with Crippen LogP contribution in [0.5, 0.6) is 0 Å². The molecule has 0 spiro atoms. The van der Waals surface area contributed by atoms with Crippen LogP contribution in [0.3, 0.4) is 0 Å². The van der Waals surface area contributed by atoms with E-state index in [0.717, 1.165) is 28.8 Å². The van der Waals surface area contributed by atoms with Crippen molar-refractivity contribution in [2.75, 3.05) is 0 Å². The Hall–Kier alpha value is -1.90. The van der Waals surface area contributed by atoms with Crippen molar-refractivity contribution in [3.8, 4) is 11.3 Å². The Bertz CT molecular complexity index is 569. The largest absolute Gasteiger partial charge is 0.294 e. The fourth-order valence-corrected chi connectivity index (χ4v) is 2.29. The van der Waals surface area contributed by atoms with E-state index in [9.17, 15) is 4.79 Å². The van der Waals surface area contributed by atoms with Crippen LogP contribution in [0, 0.1) is 0 Å². The normalized spacial score (nSPS) is 14.2. The van der Waals surface area contributed by atoms with Gasteiger partial charge in [0, 0.05) is 30.8 Å². The summed E-state index contributed by atoms with van der Waals surface area (Å²) in [4.78, 5) is 11.6. The SMILES string of the molecule is Cn1ccc(-c2cccc3c2CCC3=O)n1. The Kier molecular flexibility index (Phi) is 1.93. The zero-order valence-corrected chi connectivity index (χ0v) is 9.10. The lowest BCUT2D eigenvalue weighted by atomic mass is 10.0. The summed E-state index contributed by atoms with van der Waals surface area (Å²) < 4.78 is 1.78. The van der Waals surface area contributed by atoms with Crippen LogP contribution in [0.4, 0.5) is 0 Å². The number of carbonyl (C=O) groups is 1. The van der Waals surface area contributed by atoms with Crippen LogP contribution in [0.1, 0.15) is 22.3 Å². The number of benzene rings is 1. The maximum absolute atomic E-state index is 11.6. The molecule has 1 heterocycles. The van der Waals surface area contributed by atoms with Crippen molar-refractivity contribution in [3.05, 3.63) is 41.6 Å². The van der Waals surface area contributed by atoms with Crippen LogP contribution in [-0.2, 0) is 13.5 Å². The highest BCUT2D eigenvalue weighted by Crippen LogP contribution is 2.31. The van der Waals surface area contributed by atoms with Crippen molar-refractivity contribution in [1.29, 1.82) is 0 Å². The summed E-state index contributed by atoms with van der Waals surface area (Å²) in [5.74, 6) is 0.257. The quantitative estimate of drug-likeness (QED) is 0.726. The lowest BCUT2D eigenvalue weighted by molar-refractivity contribution is 0.0994. The van der Waals surface area contributed by atoms with Gasteiger partial charge in [0.2, 0.25) is 0 Å². The Balaban J connectivity index is 2.19. The minimum absolute atomic E-state index is 0.257. The Morgan fingerprint density at radius 2 is 2.00 bits per heavy atom. The van der Waals surface area contributed by atoms with E-state index >= 15 is 0 Å². The average molecular weight is 212 g/mol. The third-order valence-electron chi connectivity index (χ3n) is 3.07. The van der Waals surface area contributed by atoms with E-state index in [4.69, 9.17) is 0 Å².